The van der Waals surface area contributed by atoms with Gasteiger partial charge in [-0.2, -0.15) is 0 Å². The molecule has 0 radical (unpaired) electrons. The van der Waals surface area contributed by atoms with Gasteiger partial charge in [-0.1, -0.05) is 95.9 Å². The predicted molar refractivity (Wildman–Crippen MR) is 145 cm³/mol. The zero-order chi connectivity index (χ0) is 22.9. The summed E-state index contributed by atoms with van der Waals surface area (Å²) in [6, 6.07) is 9.88. The van der Waals surface area contributed by atoms with Gasteiger partial charge in [-0.25, -0.2) is 0 Å². The predicted octanol–water partition coefficient (Wildman–Crippen LogP) is 10.5. The second kappa shape index (κ2) is 13.3. The normalized spacial score (nSPS) is 33.2. The summed E-state index contributed by atoms with van der Waals surface area (Å²) >= 11 is 0. The molecule has 0 heteroatoms. The Kier molecular flexibility index (Phi) is 10.2. The molecule has 3 fully saturated rings. The van der Waals surface area contributed by atoms with Gasteiger partial charge in [0, 0.05) is 0 Å². The largest absolute Gasteiger partial charge is 0.0654 e. The van der Waals surface area contributed by atoms with Crippen molar-refractivity contribution in [3.63, 3.8) is 0 Å². The molecule has 0 saturated heterocycles. The van der Waals surface area contributed by atoms with Crippen LogP contribution >= 0.6 is 0 Å². The minimum absolute atomic E-state index is 0.837. The molecular weight excluding hydrogens is 396 g/mol. The first kappa shape index (κ1) is 25.3. The van der Waals surface area contributed by atoms with Crippen LogP contribution in [0.2, 0.25) is 0 Å². The molecule has 0 aromatic heterocycles. The molecule has 0 atom stereocenters. The lowest BCUT2D eigenvalue weighted by atomic mass is 9.68. The van der Waals surface area contributed by atoms with E-state index in [-0.39, 0.29) is 0 Å². The van der Waals surface area contributed by atoms with E-state index in [9.17, 15) is 0 Å². The summed E-state index contributed by atoms with van der Waals surface area (Å²) in [5.74, 6) is 6.05. The first-order chi connectivity index (χ1) is 16.2. The molecule has 3 aliphatic carbocycles. The van der Waals surface area contributed by atoms with E-state index in [1.165, 1.54) is 96.3 Å². The summed E-state index contributed by atoms with van der Waals surface area (Å²) < 4.78 is 0. The van der Waals surface area contributed by atoms with Gasteiger partial charge in [0.2, 0.25) is 0 Å². The highest BCUT2D eigenvalue weighted by Crippen LogP contribution is 2.43. The highest BCUT2D eigenvalue weighted by Gasteiger charge is 2.30. The molecule has 3 aliphatic rings. The smallest absolute Gasteiger partial charge is 0.0162 e. The van der Waals surface area contributed by atoms with Crippen molar-refractivity contribution in [1.29, 1.82) is 0 Å². The molecule has 4 rings (SSSR count). The lowest BCUT2D eigenvalue weighted by Crippen LogP contribution is -2.26. The fourth-order valence-electron chi connectivity index (χ4n) is 7.81. The van der Waals surface area contributed by atoms with Gasteiger partial charge in [0.15, 0.2) is 0 Å². The van der Waals surface area contributed by atoms with Crippen molar-refractivity contribution < 1.29 is 0 Å². The van der Waals surface area contributed by atoms with E-state index < -0.39 is 0 Å². The molecule has 0 heterocycles. The number of rotatable bonds is 10. The van der Waals surface area contributed by atoms with Crippen molar-refractivity contribution in [2.75, 3.05) is 0 Å². The minimum Gasteiger partial charge on any atom is -0.0654 e. The molecule has 3 saturated carbocycles. The van der Waals surface area contributed by atoms with E-state index >= 15 is 0 Å². The average Bonchev–Trinajstić information content (AvgIpc) is 2.89. The van der Waals surface area contributed by atoms with Crippen LogP contribution in [0, 0.1) is 29.6 Å². The van der Waals surface area contributed by atoms with Crippen LogP contribution in [0.4, 0.5) is 0 Å². The zero-order valence-electron chi connectivity index (χ0n) is 22.2. The van der Waals surface area contributed by atoms with E-state index in [4.69, 9.17) is 0 Å². The van der Waals surface area contributed by atoms with Gasteiger partial charge < -0.3 is 0 Å². The van der Waals surface area contributed by atoms with Crippen molar-refractivity contribution in [1.82, 2.24) is 0 Å². The molecular formula is C33H54. The molecule has 0 unspecified atom stereocenters. The molecule has 1 aromatic carbocycles. The maximum absolute atomic E-state index is 2.47. The average molecular weight is 451 g/mol. The number of hydrogen-bond donors (Lipinski definition) is 0. The molecule has 0 amide bonds. The van der Waals surface area contributed by atoms with Gasteiger partial charge in [0.1, 0.15) is 0 Å². The third kappa shape index (κ3) is 7.60. The summed E-state index contributed by atoms with van der Waals surface area (Å²) in [5, 5.41) is 0. The Morgan fingerprint density at radius 1 is 0.576 bits per heavy atom. The molecule has 0 N–H and O–H groups in total. The zero-order valence-corrected chi connectivity index (χ0v) is 22.2. The Morgan fingerprint density at radius 3 is 1.67 bits per heavy atom. The standard InChI is InChI=1S/C33H54/c1-3-5-6-7-27-12-20-31(21-13-27)33-24-16-29(17-25-33)9-8-28-14-22-32(23-15-28)30-18-10-26(4-2)11-19-30/h14-15,22-23,26-27,29-31,33H,3-13,16-21,24-25H2,1-2H3. The van der Waals surface area contributed by atoms with Gasteiger partial charge in [-0.3, -0.25) is 0 Å². The number of benzene rings is 1. The Balaban J connectivity index is 1.12. The third-order valence-corrected chi connectivity index (χ3v) is 10.4. The lowest BCUT2D eigenvalue weighted by Gasteiger charge is -2.38. The van der Waals surface area contributed by atoms with E-state index in [0.717, 1.165) is 35.5 Å². The maximum atomic E-state index is 2.47. The van der Waals surface area contributed by atoms with Gasteiger partial charge in [-0.15, -0.1) is 0 Å². The number of hydrogen-bond acceptors (Lipinski definition) is 0. The van der Waals surface area contributed by atoms with Crippen molar-refractivity contribution in [2.24, 2.45) is 29.6 Å². The van der Waals surface area contributed by atoms with Gasteiger partial charge in [0.05, 0.1) is 0 Å². The Morgan fingerprint density at radius 2 is 1.12 bits per heavy atom. The summed E-state index contributed by atoms with van der Waals surface area (Å²) in [7, 11) is 0. The number of aryl methyl sites for hydroxylation is 1. The van der Waals surface area contributed by atoms with E-state index in [1.54, 1.807) is 36.8 Å². The molecule has 33 heavy (non-hydrogen) atoms. The van der Waals surface area contributed by atoms with Crippen LogP contribution in [0.15, 0.2) is 24.3 Å². The Hall–Kier alpha value is -0.780. The first-order valence-electron chi connectivity index (χ1n) is 15.3. The van der Waals surface area contributed by atoms with Crippen LogP contribution in [-0.2, 0) is 6.42 Å². The first-order valence-corrected chi connectivity index (χ1v) is 15.3. The second-order valence-corrected chi connectivity index (χ2v) is 12.5. The molecule has 0 nitrogen and oxygen atoms in total. The van der Waals surface area contributed by atoms with E-state index in [2.05, 4.69) is 38.1 Å². The minimum atomic E-state index is 0.837. The van der Waals surface area contributed by atoms with Crippen LogP contribution in [-0.4, -0.2) is 0 Å². The third-order valence-electron chi connectivity index (χ3n) is 10.4. The van der Waals surface area contributed by atoms with Crippen molar-refractivity contribution in [3.05, 3.63) is 35.4 Å². The maximum Gasteiger partial charge on any atom is -0.0162 e. The SMILES string of the molecule is CCCCCC1CCC(C2CCC(CCc3ccc(C4CCC(CC)CC4)cc3)CC2)CC1. The molecule has 0 spiro atoms. The van der Waals surface area contributed by atoms with E-state index in [1.807, 2.05) is 0 Å². The topological polar surface area (TPSA) is 0 Å². The second-order valence-electron chi connectivity index (χ2n) is 12.5. The highest BCUT2D eigenvalue weighted by atomic mass is 14.4. The fourth-order valence-corrected chi connectivity index (χ4v) is 7.81. The molecule has 0 bridgehead atoms. The highest BCUT2D eigenvalue weighted by molar-refractivity contribution is 5.26. The summed E-state index contributed by atoms with van der Waals surface area (Å²) in [5.41, 5.74) is 3.21. The Labute approximate surface area is 206 Å². The van der Waals surface area contributed by atoms with Crippen LogP contribution in [0.1, 0.15) is 146 Å². The van der Waals surface area contributed by atoms with Crippen LogP contribution in [0.5, 0.6) is 0 Å². The van der Waals surface area contributed by atoms with Crippen molar-refractivity contribution in [2.45, 2.75) is 142 Å². The summed E-state index contributed by atoms with van der Waals surface area (Å²) in [6.07, 6.45) is 28.0. The monoisotopic (exact) mass is 450 g/mol. The van der Waals surface area contributed by atoms with E-state index in [0.29, 0.717) is 0 Å². The van der Waals surface area contributed by atoms with Gasteiger partial charge in [-0.05, 0) is 111 Å². The Bertz CT molecular complexity index is 633. The number of unbranched alkanes of at least 4 members (excludes halogenated alkanes) is 2. The fraction of sp³-hybridized carbons (Fsp3) is 0.818. The van der Waals surface area contributed by atoms with Crippen LogP contribution in [0.25, 0.3) is 0 Å². The summed E-state index contributed by atoms with van der Waals surface area (Å²) in [6.45, 7) is 4.70. The van der Waals surface area contributed by atoms with Crippen LogP contribution < -0.4 is 0 Å². The summed E-state index contributed by atoms with van der Waals surface area (Å²) in [4.78, 5) is 0. The van der Waals surface area contributed by atoms with Gasteiger partial charge >= 0.3 is 0 Å². The molecule has 186 valence electrons. The molecule has 0 aliphatic heterocycles. The molecule has 1 aromatic rings. The van der Waals surface area contributed by atoms with Crippen molar-refractivity contribution >= 4 is 0 Å². The lowest BCUT2D eigenvalue weighted by molar-refractivity contribution is 0.140. The van der Waals surface area contributed by atoms with Crippen LogP contribution in [0.3, 0.4) is 0 Å². The van der Waals surface area contributed by atoms with Crippen molar-refractivity contribution in [3.8, 4) is 0 Å². The van der Waals surface area contributed by atoms with Gasteiger partial charge in [0.25, 0.3) is 0 Å². The quantitative estimate of drug-likeness (QED) is 0.311.